The summed E-state index contributed by atoms with van der Waals surface area (Å²) in [6.45, 7) is 4.43. The Balaban J connectivity index is 1.90. The van der Waals surface area contributed by atoms with E-state index in [0.29, 0.717) is 6.54 Å². The average Bonchev–Trinajstić information content (AvgIpc) is 2.43. The summed E-state index contributed by atoms with van der Waals surface area (Å²) in [5.74, 6) is -3.89. The summed E-state index contributed by atoms with van der Waals surface area (Å²) in [5.41, 5.74) is -0.434. The number of hydrogen-bond acceptors (Lipinski definition) is 4. The van der Waals surface area contributed by atoms with Crippen LogP contribution in [0.2, 0.25) is 0 Å². The summed E-state index contributed by atoms with van der Waals surface area (Å²) in [7, 11) is 2.04. The lowest BCUT2D eigenvalue weighted by molar-refractivity contribution is 0.0695. The molecule has 0 radical (unpaired) electrons. The molecule has 5 nitrogen and oxygen atoms in total. The van der Waals surface area contributed by atoms with Gasteiger partial charge < -0.3 is 14.7 Å². The minimum absolute atomic E-state index is 0.157. The number of ether oxygens (including phenoxy) is 1. The van der Waals surface area contributed by atoms with Crippen molar-refractivity contribution in [2.45, 2.75) is 0 Å². The highest BCUT2D eigenvalue weighted by molar-refractivity contribution is 5.87. The van der Waals surface area contributed by atoms with Gasteiger partial charge in [-0.15, -0.1) is 0 Å². The van der Waals surface area contributed by atoms with Gasteiger partial charge in [-0.2, -0.15) is 0 Å². The zero-order chi connectivity index (χ0) is 15.4. The Hall–Kier alpha value is -1.73. The molecule has 7 heteroatoms. The van der Waals surface area contributed by atoms with Crippen LogP contribution in [0.4, 0.5) is 8.78 Å². The largest absolute Gasteiger partial charge is 0.486 e. The summed E-state index contributed by atoms with van der Waals surface area (Å²) in [5, 5.41) is 8.71. The Morgan fingerprint density at radius 3 is 2.33 bits per heavy atom. The zero-order valence-corrected chi connectivity index (χ0v) is 11.8. The van der Waals surface area contributed by atoms with Crippen molar-refractivity contribution in [1.29, 1.82) is 0 Å². The van der Waals surface area contributed by atoms with Crippen LogP contribution in [0.5, 0.6) is 5.75 Å². The van der Waals surface area contributed by atoms with Crippen LogP contribution in [0.3, 0.4) is 0 Å². The molecule has 0 saturated carbocycles. The maximum atomic E-state index is 13.6. The van der Waals surface area contributed by atoms with E-state index in [1.165, 1.54) is 0 Å². The first-order chi connectivity index (χ1) is 9.97. The molecule has 2 rings (SSSR count). The van der Waals surface area contributed by atoms with E-state index in [-0.39, 0.29) is 6.61 Å². The zero-order valence-electron chi connectivity index (χ0n) is 11.8. The molecule has 21 heavy (non-hydrogen) atoms. The molecule has 0 spiro atoms. The van der Waals surface area contributed by atoms with Gasteiger partial charge in [-0.05, 0) is 19.2 Å². The molecule has 1 fully saturated rings. The van der Waals surface area contributed by atoms with E-state index >= 15 is 0 Å². The molecule has 1 heterocycles. The van der Waals surface area contributed by atoms with Crippen molar-refractivity contribution < 1.29 is 23.4 Å². The maximum absolute atomic E-state index is 13.6. The van der Waals surface area contributed by atoms with Crippen LogP contribution in [0.1, 0.15) is 10.4 Å². The Kier molecular flexibility index (Phi) is 5.08. The van der Waals surface area contributed by atoms with Crippen LogP contribution in [0, 0.1) is 11.6 Å². The number of carboxylic acids is 1. The van der Waals surface area contributed by atoms with E-state index in [1.807, 2.05) is 7.05 Å². The summed E-state index contributed by atoms with van der Waals surface area (Å²) >= 11 is 0. The number of benzene rings is 1. The summed E-state index contributed by atoms with van der Waals surface area (Å²) < 4.78 is 32.4. The smallest absolute Gasteiger partial charge is 0.335 e. The lowest BCUT2D eigenvalue weighted by Gasteiger charge is -2.32. The molecule has 0 atom stereocenters. The van der Waals surface area contributed by atoms with Gasteiger partial charge in [-0.25, -0.2) is 13.6 Å². The maximum Gasteiger partial charge on any atom is 0.335 e. The molecule has 1 N–H and O–H groups in total. The molecule has 0 unspecified atom stereocenters. The van der Waals surface area contributed by atoms with Crippen molar-refractivity contribution in [3.8, 4) is 5.75 Å². The third-order valence-corrected chi connectivity index (χ3v) is 3.50. The minimum Gasteiger partial charge on any atom is -0.486 e. The van der Waals surface area contributed by atoms with Gasteiger partial charge in [-0.1, -0.05) is 0 Å². The number of hydrogen-bond donors (Lipinski definition) is 1. The fourth-order valence-electron chi connectivity index (χ4n) is 2.17. The van der Waals surface area contributed by atoms with Crippen LogP contribution >= 0.6 is 0 Å². The van der Waals surface area contributed by atoms with Crippen molar-refractivity contribution in [3.05, 3.63) is 29.3 Å². The van der Waals surface area contributed by atoms with Gasteiger partial charge in [0.2, 0.25) is 0 Å². The van der Waals surface area contributed by atoms with Gasteiger partial charge in [0.25, 0.3) is 0 Å². The molecule has 1 aliphatic heterocycles. The number of piperazine rings is 1. The number of carboxylic acid groups (broad SMARTS) is 1. The highest BCUT2D eigenvalue weighted by Crippen LogP contribution is 2.23. The lowest BCUT2D eigenvalue weighted by Crippen LogP contribution is -2.45. The molecular weight excluding hydrogens is 282 g/mol. The van der Waals surface area contributed by atoms with Gasteiger partial charge in [0.1, 0.15) is 6.61 Å². The topological polar surface area (TPSA) is 53.0 Å². The van der Waals surface area contributed by atoms with E-state index < -0.39 is 28.9 Å². The summed E-state index contributed by atoms with van der Waals surface area (Å²) in [6.07, 6.45) is 0. The third-order valence-electron chi connectivity index (χ3n) is 3.50. The van der Waals surface area contributed by atoms with E-state index in [4.69, 9.17) is 9.84 Å². The van der Waals surface area contributed by atoms with Crippen LogP contribution in [0.15, 0.2) is 12.1 Å². The second-order valence-corrected chi connectivity index (χ2v) is 5.07. The Morgan fingerprint density at radius 1 is 1.24 bits per heavy atom. The van der Waals surface area contributed by atoms with Crippen LogP contribution in [-0.4, -0.2) is 67.3 Å². The average molecular weight is 300 g/mol. The van der Waals surface area contributed by atoms with Gasteiger partial charge >= 0.3 is 5.97 Å². The van der Waals surface area contributed by atoms with E-state index in [0.717, 1.165) is 38.3 Å². The molecule has 1 aromatic rings. The molecule has 0 amide bonds. The van der Waals surface area contributed by atoms with Crippen molar-refractivity contribution in [1.82, 2.24) is 9.80 Å². The second kappa shape index (κ2) is 6.82. The van der Waals surface area contributed by atoms with Gasteiger partial charge in [0.15, 0.2) is 17.4 Å². The van der Waals surface area contributed by atoms with Crippen molar-refractivity contribution in [3.63, 3.8) is 0 Å². The number of rotatable bonds is 5. The van der Waals surface area contributed by atoms with Gasteiger partial charge in [0.05, 0.1) is 5.56 Å². The van der Waals surface area contributed by atoms with Crippen molar-refractivity contribution in [2.75, 3.05) is 46.4 Å². The predicted octanol–water partition coefficient (Wildman–Crippen LogP) is 1.29. The third kappa shape index (κ3) is 4.12. The normalized spacial score (nSPS) is 16.9. The highest BCUT2D eigenvalue weighted by Gasteiger charge is 2.17. The summed E-state index contributed by atoms with van der Waals surface area (Å²) in [4.78, 5) is 15.0. The molecule has 1 saturated heterocycles. The van der Waals surface area contributed by atoms with E-state index in [1.54, 1.807) is 0 Å². The monoisotopic (exact) mass is 300 g/mol. The van der Waals surface area contributed by atoms with Gasteiger partial charge in [0, 0.05) is 32.7 Å². The predicted molar refractivity (Wildman–Crippen MR) is 72.7 cm³/mol. The quantitative estimate of drug-likeness (QED) is 0.888. The first-order valence-corrected chi connectivity index (χ1v) is 6.73. The number of likely N-dealkylation sites (N-methyl/N-ethyl adjacent to an activating group) is 1. The molecular formula is C14H18F2N2O3. The Bertz CT molecular complexity index is 494. The molecule has 0 aromatic heterocycles. The van der Waals surface area contributed by atoms with Crippen molar-refractivity contribution in [2.24, 2.45) is 0 Å². The summed E-state index contributed by atoms with van der Waals surface area (Å²) in [6, 6.07) is 1.52. The van der Waals surface area contributed by atoms with Gasteiger partial charge in [-0.3, -0.25) is 4.90 Å². The fraction of sp³-hybridized carbons (Fsp3) is 0.500. The SMILES string of the molecule is CN1CCN(CCOc2c(F)cc(C(=O)O)cc2F)CC1. The first kappa shape index (κ1) is 15.7. The standard InChI is InChI=1S/C14H18F2N2O3/c1-17-2-4-18(5-3-17)6-7-21-13-11(15)8-10(14(19)20)9-12(13)16/h8-9H,2-7H2,1H3,(H,19,20). The molecule has 1 aromatic carbocycles. The number of halogens is 2. The number of aromatic carboxylic acids is 1. The minimum atomic E-state index is -1.38. The van der Waals surface area contributed by atoms with E-state index in [2.05, 4.69) is 9.80 Å². The van der Waals surface area contributed by atoms with Crippen LogP contribution < -0.4 is 4.74 Å². The first-order valence-electron chi connectivity index (χ1n) is 6.73. The van der Waals surface area contributed by atoms with E-state index in [9.17, 15) is 13.6 Å². The fourth-order valence-corrected chi connectivity index (χ4v) is 2.17. The number of carbonyl (C=O) groups is 1. The molecule has 0 bridgehead atoms. The Labute approximate surface area is 121 Å². The second-order valence-electron chi connectivity index (χ2n) is 5.07. The van der Waals surface area contributed by atoms with Crippen LogP contribution in [0.25, 0.3) is 0 Å². The Morgan fingerprint density at radius 2 is 1.81 bits per heavy atom. The highest BCUT2D eigenvalue weighted by atomic mass is 19.1. The van der Waals surface area contributed by atoms with Crippen molar-refractivity contribution >= 4 is 5.97 Å². The molecule has 0 aliphatic carbocycles. The molecule has 116 valence electrons. The number of nitrogens with zero attached hydrogens (tertiary/aromatic N) is 2. The molecule has 1 aliphatic rings. The lowest BCUT2D eigenvalue weighted by atomic mass is 10.2. The van der Waals surface area contributed by atoms with Crippen LogP contribution in [-0.2, 0) is 0 Å².